The Bertz CT molecular complexity index is 1100. The number of nitrogens with one attached hydrogen (secondary N) is 1. The normalized spacial score (nSPS) is 18.6. The van der Waals surface area contributed by atoms with Gasteiger partial charge in [0.15, 0.2) is 0 Å². The van der Waals surface area contributed by atoms with Crippen LogP contribution >= 0.6 is 12.4 Å². The van der Waals surface area contributed by atoms with Gasteiger partial charge in [0.25, 0.3) is 0 Å². The largest absolute Gasteiger partial charge is 0.497 e. The molecule has 1 aliphatic rings. The number of benzene rings is 3. The molecule has 200 valence electrons. The minimum Gasteiger partial charge on any atom is -0.497 e. The van der Waals surface area contributed by atoms with Crippen molar-refractivity contribution < 1.29 is 19.3 Å². The zero-order valence-corrected chi connectivity index (χ0v) is 23.1. The molecule has 2 N–H and O–H groups in total. The predicted molar refractivity (Wildman–Crippen MR) is 152 cm³/mol. The van der Waals surface area contributed by atoms with Gasteiger partial charge in [0.1, 0.15) is 35.6 Å². The average molecular weight is 526 g/mol. The molecule has 0 spiro atoms. The minimum atomic E-state index is -0.540. The van der Waals surface area contributed by atoms with Gasteiger partial charge in [-0.25, -0.2) is 0 Å². The summed E-state index contributed by atoms with van der Waals surface area (Å²) >= 11 is 0. The van der Waals surface area contributed by atoms with Crippen molar-refractivity contribution in [2.75, 3.05) is 26.8 Å². The summed E-state index contributed by atoms with van der Waals surface area (Å²) in [6.07, 6.45) is 1.71. The highest BCUT2D eigenvalue weighted by molar-refractivity contribution is 5.85. The van der Waals surface area contributed by atoms with Crippen molar-refractivity contribution in [3.8, 4) is 17.2 Å². The summed E-state index contributed by atoms with van der Waals surface area (Å²) in [6, 6.07) is 25.0. The summed E-state index contributed by atoms with van der Waals surface area (Å²) in [6.45, 7) is 8.19. The van der Waals surface area contributed by atoms with Gasteiger partial charge in [-0.3, -0.25) is 0 Å². The molecule has 37 heavy (non-hydrogen) atoms. The van der Waals surface area contributed by atoms with Gasteiger partial charge in [0, 0.05) is 30.0 Å². The number of unbranched alkanes of at least 4 members (excludes halogenated alkanes) is 1. The Kier molecular flexibility index (Phi) is 10.3. The molecule has 5 nitrogen and oxygen atoms in total. The van der Waals surface area contributed by atoms with Crippen molar-refractivity contribution in [3.63, 3.8) is 0 Å². The average Bonchev–Trinajstić information content (AvgIpc) is 2.89. The van der Waals surface area contributed by atoms with E-state index in [9.17, 15) is 5.11 Å². The van der Waals surface area contributed by atoms with Gasteiger partial charge in [-0.1, -0.05) is 61.9 Å². The van der Waals surface area contributed by atoms with Crippen LogP contribution in [-0.4, -0.2) is 43.6 Å². The molecule has 0 bridgehead atoms. The molecule has 1 unspecified atom stereocenters. The maximum atomic E-state index is 10.2. The fourth-order valence-electron chi connectivity index (χ4n) is 5.13. The lowest BCUT2D eigenvalue weighted by atomic mass is 9.68. The summed E-state index contributed by atoms with van der Waals surface area (Å²) in [5, 5.41) is 13.5. The molecule has 1 heterocycles. The molecule has 4 rings (SSSR count). The van der Waals surface area contributed by atoms with Crippen LogP contribution in [0.4, 0.5) is 0 Å². The fraction of sp³-hybridized carbons (Fsp3) is 0.419. The van der Waals surface area contributed by atoms with Crippen molar-refractivity contribution in [2.24, 2.45) is 0 Å². The molecule has 0 saturated carbocycles. The highest BCUT2D eigenvalue weighted by Crippen LogP contribution is 2.53. The monoisotopic (exact) mass is 525 g/mol. The summed E-state index contributed by atoms with van der Waals surface area (Å²) in [4.78, 5) is 0. The first-order valence-electron chi connectivity index (χ1n) is 13.0. The Hall–Kier alpha value is -2.73. The Morgan fingerprint density at radius 2 is 1.68 bits per heavy atom. The molecule has 3 aromatic carbocycles. The molecule has 1 aliphatic heterocycles. The van der Waals surface area contributed by atoms with E-state index >= 15 is 0 Å². The van der Waals surface area contributed by atoms with Crippen molar-refractivity contribution in [3.05, 3.63) is 89.5 Å². The lowest BCUT2D eigenvalue weighted by molar-refractivity contribution is 0.0528. The number of halogens is 1. The van der Waals surface area contributed by atoms with Crippen LogP contribution in [0.2, 0.25) is 0 Å². The fourth-order valence-corrected chi connectivity index (χ4v) is 5.13. The number of hydrogen-bond acceptors (Lipinski definition) is 5. The zero-order valence-electron chi connectivity index (χ0n) is 22.3. The maximum absolute atomic E-state index is 10.2. The zero-order chi connectivity index (χ0) is 25.5. The van der Waals surface area contributed by atoms with Crippen molar-refractivity contribution in [1.82, 2.24) is 5.32 Å². The maximum Gasteiger partial charge on any atom is 0.127 e. The molecule has 3 atom stereocenters. The number of hydrogen-bond donors (Lipinski definition) is 2. The number of aliphatic hydroxyl groups excluding tert-OH is 1. The second kappa shape index (κ2) is 13.2. The van der Waals surface area contributed by atoms with Gasteiger partial charge in [-0.15, -0.1) is 12.4 Å². The highest BCUT2D eigenvalue weighted by atomic mass is 35.5. The van der Waals surface area contributed by atoms with Crippen LogP contribution in [-0.2, 0) is 0 Å². The van der Waals surface area contributed by atoms with Gasteiger partial charge >= 0.3 is 0 Å². The second-order valence-corrected chi connectivity index (χ2v) is 10.1. The third kappa shape index (κ3) is 6.98. The third-order valence-corrected chi connectivity index (χ3v) is 6.94. The summed E-state index contributed by atoms with van der Waals surface area (Å²) < 4.78 is 17.9. The lowest BCUT2D eigenvalue weighted by Gasteiger charge is -2.45. The minimum absolute atomic E-state index is 0. The first-order chi connectivity index (χ1) is 17.4. The van der Waals surface area contributed by atoms with Crippen LogP contribution in [0.3, 0.4) is 0 Å². The van der Waals surface area contributed by atoms with Crippen LogP contribution in [0.5, 0.6) is 17.2 Å². The number of aliphatic hydroxyl groups is 1. The molecule has 0 aromatic heterocycles. The Labute approximate surface area is 227 Å². The van der Waals surface area contributed by atoms with E-state index in [-0.39, 0.29) is 30.8 Å². The number of ether oxygens (including phenoxy) is 3. The summed E-state index contributed by atoms with van der Waals surface area (Å²) in [5.41, 5.74) is 3.15. The number of rotatable bonds is 11. The standard InChI is InChI=1S/C31H39NO4.ClH/c1-5-6-18-32-20-24(33)21-35-25-14-12-22(13-15-25)29-27-17-16-26(34-4)19-28(27)36-31(2,3)30(29)23-10-8-7-9-11-23;/h7-17,19,24,29-30,32-33H,5-6,18,20-21H2,1-4H3;1H/t24?,29-,30+;/m0./s1. The van der Waals surface area contributed by atoms with Crippen LogP contribution in [0, 0.1) is 0 Å². The quantitative estimate of drug-likeness (QED) is 0.286. The molecule has 0 saturated heterocycles. The van der Waals surface area contributed by atoms with Crippen LogP contribution in [0.15, 0.2) is 72.8 Å². The molecule has 3 aromatic rings. The van der Waals surface area contributed by atoms with Crippen LogP contribution in [0.1, 0.15) is 62.1 Å². The number of methoxy groups -OCH3 is 1. The SMILES string of the molecule is CCCCNCC(O)COc1ccc([C@H]2c3ccc(OC)cc3OC(C)(C)[C@@H]2c2ccccc2)cc1.Cl. The van der Waals surface area contributed by atoms with E-state index in [2.05, 4.69) is 68.6 Å². The van der Waals surface area contributed by atoms with Crippen molar-refractivity contribution in [1.29, 1.82) is 0 Å². The van der Waals surface area contributed by atoms with E-state index in [1.165, 1.54) is 11.1 Å². The highest BCUT2D eigenvalue weighted by Gasteiger charge is 2.45. The van der Waals surface area contributed by atoms with Crippen LogP contribution < -0.4 is 19.5 Å². The summed E-state index contributed by atoms with van der Waals surface area (Å²) in [5.74, 6) is 2.61. The van der Waals surface area contributed by atoms with E-state index < -0.39 is 11.7 Å². The lowest BCUT2D eigenvalue weighted by Crippen LogP contribution is -2.43. The van der Waals surface area contributed by atoms with Crippen LogP contribution in [0.25, 0.3) is 0 Å². The molecule has 6 heteroatoms. The van der Waals surface area contributed by atoms with Crippen molar-refractivity contribution in [2.45, 2.75) is 57.2 Å². The molecular weight excluding hydrogens is 486 g/mol. The molecule has 0 aliphatic carbocycles. The van der Waals surface area contributed by atoms with Crippen molar-refractivity contribution >= 4 is 12.4 Å². The molecule has 0 fully saturated rings. The summed E-state index contributed by atoms with van der Waals surface area (Å²) in [7, 11) is 1.68. The second-order valence-electron chi connectivity index (χ2n) is 10.1. The predicted octanol–water partition coefficient (Wildman–Crippen LogP) is 6.33. The van der Waals surface area contributed by atoms with E-state index in [0.717, 1.165) is 42.2 Å². The van der Waals surface area contributed by atoms with E-state index in [0.29, 0.717) is 6.54 Å². The Morgan fingerprint density at radius 3 is 2.35 bits per heavy atom. The Balaban J connectivity index is 0.00000380. The third-order valence-electron chi connectivity index (χ3n) is 6.94. The number of fused-ring (bicyclic) bond motifs is 1. The Morgan fingerprint density at radius 1 is 0.973 bits per heavy atom. The van der Waals surface area contributed by atoms with Gasteiger partial charge in [-0.2, -0.15) is 0 Å². The van der Waals surface area contributed by atoms with Gasteiger partial charge < -0.3 is 24.6 Å². The molecule has 0 amide bonds. The van der Waals surface area contributed by atoms with E-state index in [4.69, 9.17) is 14.2 Å². The molecular formula is C31H40ClNO4. The van der Waals surface area contributed by atoms with Gasteiger partial charge in [0.2, 0.25) is 0 Å². The first kappa shape index (κ1) is 28.8. The first-order valence-corrected chi connectivity index (χ1v) is 13.0. The van der Waals surface area contributed by atoms with Gasteiger partial charge in [-0.05, 0) is 56.1 Å². The van der Waals surface area contributed by atoms with Gasteiger partial charge in [0.05, 0.1) is 7.11 Å². The molecule has 0 radical (unpaired) electrons. The van der Waals surface area contributed by atoms with E-state index in [1.807, 2.05) is 30.3 Å². The topological polar surface area (TPSA) is 60.0 Å². The smallest absolute Gasteiger partial charge is 0.127 e. The van der Waals surface area contributed by atoms with E-state index in [1.54, 1.807) is 7.11 Å².